The summed E-state index contributed by atoms with van der Waals surface area (Å²) in [6.07, 6.45) is 12.5. The van der Waals surface area contributed by atoms with E-state index in [2.05, 4.69) is 29.8 Å². The summed E-state index contributed by atoms with van der Waals surface area (Å²) in [4.78, 5) is 12.8. The van der Waals surface area contributed by atoms with Crippen molar-refractivity contribution in [3.63, 3.8) is 0 Å². The monoisotopic (exact) mass is 380 g/mol. The van der Waals surface area contributed by atoms with Crippen LogP contribution in [0.3, 0.4) is 0 Å². The van der Waals surface area contributed by atoms with Crippen LogP contribution in [-0.4, -0.2) is 10.6 Å². The quantitative estimate of drug-likeness (QED) is 0.509. The number of ketones is 1. The maximum Gasteiger partial charge on any atom is 0.133 e. The molecule has 0 N–H and O–H groups in total. The lowest BCUT2D eigenvalue weighted by molar-refractivity contribution is -0.133. The molecule has 0 aliphatic heterocycles. The van der Waals surface area contributed by atoms with E-state index in [1.54, 1.807) is 0 Å². The van der Waals surface area contributed by atoms with Crippen LogP contribution in [0.25, 0.3) is 0 Å². The van der Waals surface area contributed by atoms with Crippen LogP contribution in [0.15, 0.2) is 0 Å². The van der Waals surface area contributed by atoms with Crippen LogP contribution < -0.4 is 0 Å². The molecule has 2 unspecified atom stereocenters. The Morgan fingerprint density at radius 1 is 1.00 bits per heavy atom. The van der Waals surface area contributed by atoms with Crippen molar-refractivity contribution in [2.24, 2.45) is 40.4 Å². The molecule has 0 bridgehead atoms. The SMILES string of the molecule is CC(=O)[C@H]1CC(Br)[C@H]2[C@@H]3CCC4CCCC[C@]4(C)[C@H]3CC[C@]12C. The largest absolute Gasteiger partial charge is 0.300 e. The first kappa shape index (κ1) is 16.6. The molecule has 4 aliphatic rings. The van der Waals surface area contributed by atoms with Crippen molar-refractivity contribution in [3.05, 3.63) is 0 Å². The van der Waals surface area contributed by atoms with Gasteiger partial charge in [0.15, 0.2) is 0 Å². The fourth-order valence-corrected chi connectivity index (χ4v) is 9.30. The van der Waals surface area contributed by atoms with E-state index in [1.165, 1.54) is 51.4 Å². The second kappa shape index (κ2) is 5.58. The Hall–Kier alpha value is 0.150. The molecule has 4 fully saturated rings. The van der Waals surface area contributed by atoms with Crippen molar-refractivity contribution < 1.29 is 4.79 Å². The van der Waals surface area contributed by atoms with Crippen molar-refractivity contribution in [2.45, 2.75) is 83.4 Å². The molecule has 4 aliphatic carbocycles. The topological polar surface area (TPSA) is 17.1 Å². The van der Waals surface area contributed by atoms with Crippen molar-refractivity contribution in [3.8, 4) is 0 Å². The maximum atomic E-state index is 12.3. The number of Topliss-reactive ketones (excluding diaryl/α,β-unsaturated/α-hetero) is 1. The van der Waals surface area contributed by atoms with Crippen molar-refractivity contribution in [1.29, 1.82) is 0 Å². The molecule has 0 aromatic carbocycles. The number of hydrogen-bond acceptors (Lipinski definition) is 1. The molecule has 0 radical (unpaired) electrons. The van der Waals surface area contributed by atoms with E-state index in [4.69, 9.17) is 0 Å². The minimum absolute atomic E-state index is 0.263. The average Bonchev–Trinajstić information content (AvgIpc) is 2.78. The molecular formula is C21H33BrO. The summed E-state index contributed by atoms with van der Waals surface area (Å²) in [5.74, 6) is 4.24. The van der Waals surface area contributed by atoms with Gasteiger partial charge in [-0.3, -0.25) is 4.79 Å². The third-order valence-electron chi connectivity index (χ3n) is 9.02. The smallest absolute Gasteiger partial charge is 0.133 e. The summed E-state index contributed by atoms with van der Waals surface area (Å²) in [5.41, 5.74) is 0.864. The van der Waals surface area contributed by atoms with Gasteiger partial charge >= 0.3 is 0 Å². The molecule has 1 nitrogen and oxygen atoms in total. The molecule has 0 aromatic rings. The molecule has 0 heterocycles. The third kappa shape index (κ3) is 2.26. The van der Waals surface area contributed by atoms with Crippen LogP contribution >= 0.6 is 15.9 Å². The van der Waals surface area contributed by atoms with Crippen LogP contribution in [0.1, 0.15) is 78.6 Å². The van der Waals surface area contributed by atoms with Crippen LogP contribution in [0.2, 0.25) is 0 Å². The Morgan fingerprint density at radius 2 is 1.78 bits per heavy atom. The number of carbonyl (C=O) groups excluding carboxylic acids is 1. The lowest BCUT2D eigenvalue weighted by Crippen LogP contribution is -2.54. The zero-order valence-electron chi connectivity index (χ0n) is 15.1. The predicted octanol–water partition coefficient (Wildman–Crippen LogP) is 6.00. The number of fused-ring (bicyclic) bond motifs is 5. The molecule has 4 rings (SSSR count). The molecule has 0 aromatic heterocycles. The van der Waals surface area contributed by atoms with Gasteiger partial charge in [0.05, 0.1) is 0 Å². The highest BCUT2D eigenvalue weighted by molar-refractivity contribution is 9.09. The van der Waals surface area contributed by atoms with E-state index in [1.807, 2.05) is 6.92 Å². The Balaban J connectivity index is 1.67. The number of rotatable bonds is 1. The van der Waals surface area contributed by atoms with E-state index in [9.17, 15) is 4.79 Å². The summed E-state index contributed by atoms with van der Waals surface area (Å²) in [6, 6.07) is 0. The van der Waals surface area contributed by atoms with Gasteiger partial charge in [0.25, 0.3) is 0 Å². The molecule has 4 saturated carbocycles. The van der Waals surface area contributed by atoms with E-state index in [0.29, 0.717) is 21.9 Å². The first-order valence-electron chi connectivity index (χ1n) is 10.0. The zero-order valence-corrected chi connectivity index (χ0v) is 16.7. The second-order valence-electron chi connectivity index (χ2n) is 9.78. The summed E-state index contributed by atoms with van der Waals surface area (Å²) in [6.45, 7) is 6.93. The number of alkyl halides is 1. The molecule has 0 spiro atoms. The highest BCUT2D eigenvalue weighted by atomic mass is 79.9. The molecule has 0 saturated heterocycles. The molecular weight excluding hydrogens is 348 g/mol. The van der Waals surface area contributed by atoms with Crippen LogP contribution in [0.5, 0.6) is 0 Å². The van der Waals surface area contributed by atoms with Gasteiger partial charge in [0.1, 0.15) is 5.78 Å². The van der Waals surface area contributed by atoms with Crippen LogP contribution in [-0.2, 0) is 4.79 Å². The fourth-order valence-electron chi connectivity index (χ4n) is 7.93. The lowest BCUT2D eigenvalue weighted by atomic mass is 9.45. The normalized spacial score (nSPS) is 55.7. The summed E-state index contributed by atoms with van der Waals surface area (Å²) < 4.78 is 0. The number of carbonyl (C=O) groups is 1. The lowest BCUT2D eigenvalue weighted by Gasteiger charge is -2.60. The standard InChI is InChI=1S/C21H33BrO/c1-13(23)17-12-18(22)19-15-8-7-14-6-4-5-10-20(14,2)16(15)9-11-21(17,19)3/h14-19H,4-12H2,1-3H3/t14?,15-,16+,17-,18?,19-,20+,21-/m1/s1. The first-order valence-corrected chi connectivity index (χ1v) is 10.9. The van der Waals surface area contributed by atoms with E-state index in [-0.39, 0.29) is 5.41 Å². The van der Waals surface area contributed by atoms with Crippen molar-refractivity contribution in [1.82, 2.24) is 0 Å². The summed E-state index contributed by atoms with van der Waals surface area (Å²) in [7, 11) is 0. The summed E-state index contributed by atoms with van der Waals surface area (Å²) >= 11 is 4.04. The van der Waals surface area contributed by atoms with Gasteiger partial charge in [-0.05, 0) is 86.4 Å². The zero-order chi connectivity index (χ0) is 16.4. The van der Waals surface area contributed by atoms with Crippen molar-refractivity contribution in [2.75, 3.05) is 0 Å². The fraction of sp³-hybridized carbons (Fsp3) is 0.952. The van der Waals surface area contributed by atoms with Gasteiger partial charge in [-0.25, -0.2) is 0 Å². The second-order valence-corrected chi connectivity index (χ2v) is 11.0. The first-order chi connectivity index (χ1) is 10.9. The molecule has 0 amide bonds. The van der Waals surface area contributed by atoms with Gasteiger partial charge in [-0.15, -0.1) is 0 Å². The average molecular weight is 381 g/mol. The Bertz CT molecular complexity index is 502. The highest BCUT2D eigenvalue weighted by Gasteiger charge is 2.62. The van der Waals surface area contributed by atoms with E-state index in [0.717, 1.165) is 30.1 Å². The van der Waals surface area contributed by atoms with Crippen LogP contribution in [0, 0.1) is 40.4 Å². The molecule has 130 valence electrons. The molecule has 2 heteroatoms. The maximum absolute atomic E-state index is 12.3. The van der Waals surface area contributed by atoms with Gasteiger partial charge in [-0.2, -0.15) is 0 Å². The van der Waals surface area contributed by atoms with Gasteiger partial charge in [-0.1, -0.05) is 42.6 Å². The Kier molecular flexibility index (Phi) is 4.03. The highest BCUT2D eigenvalue weighted by Crippen LogP contribution is 2.68. The summed E-state index contributed by atoms with van der Waals surface area (Å²) in [5, 5.41) is 0. The minimum atomic E-state index is 0.263. The third-order valence-corrected chi connectivity index (χ3v) is 9.96. The number of hydrogen-bond donors (Lipinski definition) is 0. The van der Waals surface area contributed by atoms with E-state index >= 15 is 0 Å². The Morgan fingerprint density at radius 3 is 2.52 bits per heavy atom. The van der Waals surface area contributed by atoms with Gasteiger partial charge in [0, 0.05) is 10.7 Å². The van der Waals surface area contributed by atoms with Crippen molar-refractivity contribution >= 4 is 21.7 Å². The minimum Gasteiger partial charge on any atom is -0.300 e. The number of halogens is 1. The predicted molar refractivity (Wildman–Crippen MR) is 98.6 cm³/mol. The molecule has 8 atom stereocenters. The Labute approximate surface area is 150 Å². The van der Waals surface area contributed by atoms with E-state index < -0.39 is 0 Å². The van der Waals surface area contributed by atoms with Crippen LogP contribution in [0.4, 0.5) is 0 Å². The molecule has 23 heavy (non-hydrogen) atoms. The van der Waals surface area contributed by atoms with Gasteiger partial charge in [0.2, 0.25) is 0 Å². The van der Waals surface area contributed by atoms with Gasteiger partial charge < -0.3 is 0 Å².